The second-order valence-corrected chi connectivity index (χ2v) is 6.34. The minimum Gasteiger partial charge on any atom is -0.314 e. The van der Waals surface area contributed by atoms with Crippen LogP contribution in [0.2, 0.25) is 0 Å². The molecule has 3 atom stereocenters. The Labute approximate surface area is 113 Å². The first-order valence-electron chi connectivity index (χ1n) is 7.86. The largest absolute Gasteiger partial charge is 0.314 e. The molecule has 0 aromatic heterocycles. The van der Waals surface area contributed by atoms with Gasteiger partial charge < -0.3 is 15.1 Å². The number of hydrogen-bond acceptors (Lipinski definition) is 3. The van der Waals surface area contributed by atoms with E-state index in [2.05, 4.69) is 36.0 Å². The molecule has 18 heavy (non-hydrogen) atoms. The van der Waals surface area contributed by atoms with Crippen molar-refractivity contribution in [3.05, 3.63) is 0 Å². The number of nitrogens with one attached hydrogen (secondary N) is 1. The highest BCUT2D eigenvalue weighted by Gasteiger charge is 2.30. The molecule has 3 heteroatoms. The van der Waals surface area contributed by atoms with Gasteiger partial charge in [0.25, 0.3) is 0 Å². The van der Waals surface area contributed by atoms with Crippen LogP contribution in [0.4, 0.5) is 0 Å². The molecule has 1 saturated carbocycles. The quantitative estimate of drug-likeness (QED) is 0.806. The van der Waals surface area contributed by atoms with Crippen molar-refractivity contribution in [1.82, 2.24) is 15.1 Å². The van der Waals surface area contributed by atoms with Crippen LogP contribution in [0.15, 0.2) is 0 Å². The van der Waals surface area contributed by atoms with Gasteiger partial charge in [0.1, 0.15) is 0 Å². The Kier molecular flexibility index (Phi) is 5.46. The van der Waals surface area contributed by atoms with Crippen molar-refractivity contribution in [2.75, 3.05) is 39.8 Å². The van der Waals surface area contributed by atoms with E-state index in [0.717, 1.165) is 18.0 Å². The predicted molar refractivity (Wildman–Crippen MR) is 78.0 cm³/mol. The summed E-state index contributed by atoms with van der Waals surface area (Å²) < 4.78 is 0. The Morgan fingerprint density at radius 2 is 2.06 bits per heavy atom. The second kappa shape index (κ2) is 6.88. The SMILES string of the molecule is CCCNC1CCCC1CN1CCN(C)C(C)C1. The molecule has 0 bridgehead atoms. The molecule has 1 aliphatic heterocycles. The molecule has 1 aliphatic carbocycles. The molecule has 0 amide bonds. The summed E-state index contributed by atoms with van der Waals surface area (Å²) in [5.41, 5.74) is 0. The lowest BCUT2D eigenvalue weighted by Crippen LogP contribution is -2.52. The maximum atomic E-state index is 3.75. The van der Waals surface area contributed by atoms with E-state index in [1.165, 1.54) is 58.4 Å². The van der Waals surface area contributed by atoms with E-state index < -0.39 is 0 Å². The van der Waals surface area contributed by atoms with Crippen LogP contribution in [0.5, 0.6) is 0 Å². The first-order chi connectivity index (χ1) is 8.70. The Morgan fingerprint density at radius 3 is 2.78 bits per heavy atom. The molecule has 0 radical (unpaired) electrons. The highest BCUT2D eigenvalue weighted by atomic mass is 15.3. The third-order valence-corrected chi connectivity index (χ3v) is 4.85. The van der Waals surface area contributed by atoms with Crippen LogP contribution < -0.4 is 5.32 Å². The molecule has 2 fully saturated rings. The number of hydrogen-bond donors (Lipinski definition) is 1. The molecular weight excluding hydrogens is 222 g/mol. The van der Waals surface area contributed by atoms with Crippen LogP contribution in [-0.4, -0.2) is 61.7 Å². The van der Waals surface area contributed by atoms with E-state index in [9.17, 15) is 0 Å². The van der Waals surface area contributed by atoms with Gasteiger partial charge in [-0.15, -0.1) is 0 Å². The molecule has 3 nitrogen and oxygen atoms in total. The molecule has 0 aromatic rings. The lowest BCUT2D eigenvalue weighted by Gasteiger charge is -2.39. The number of likely N-dealkylation sites (N-methyl/N-ethyl adjacent to an activating group) is 1. The van der Waals surface area contributed by atoms with Gasteiger partial charge in [0.15, 0.2) is 0 Å². The van der Waals surface area contributed by atoms with Gasteiger partial charge in [-0.05, 0) is 45.7 Å². The average Bonchev–Trinajstić information content (AvgIpc) is 2.79. The second-order valence-electron chi connectivity index (χ2n) is 6.34. The number of piperazine rings is 1. The lowest BCUT2D eigenvalue weighted by atomic mass is 10.0. The normalized spacial score (nSPS) is 35.2. The zero-order chi connectivity index (χ0) is 13.0. The minimum absolute atomic E-state index is 0.724. The molecule has 3 unspecified atom stereocenters. The maximum Gasteiger partial charge on any atom is 0.0192 e. The Hall–Kier alpha value is -0.120. The summed E-state index contributed by atoms with van der Waals surface area (Å²) in [6.45, 7) is 10.9. The number of nitrogens with zero attached hydrogens (tertiary/aromatic N) is 2. The standard InChI is InChI=1S/C15H31N3/c1-4-8-16-15-7-5-6-14(15)12-18-10-9-17(3)13(2)11-18/h13-16H,4-12H2,1-3H3. The van der Waals surface area contributed by atoms with E-state index in [0.29, 0.717) is 0 Å². The van der Waals surface area contributed by atoms with Crippen LogP contribution in [0, 0.1) is 5.92 Å². The van der Waals surface area contributed by atoms with Gasteiger partial charge in [0.2, 0.25) is 0 Å². The smallest absolute Gasteiger partial charge is 0.0192 e. The topological polar surface area (TPSA) is 18.5 Å². The Bertz CT molecular complexity index is 244. The van der Waals surface area contributed by atoms with Crippen molar-refractivity contribution in [2.45, 2.75) is 51.6 Å². The molecule has 0 aromatic carbocycles. The van der Waals surface area contributed by atoms with Crippen LogP contribution in [0.25, 0.3) is 0 Å². The molecule has 2 rings (SSSR count). The van der Waals surface area contributed by atoms with Gasteiger partial charge in [0, 0.05) is 38.3 Å². The van der Waals surface area contributed by atoms with Crippen LogP contribution in [0.3, 0.4) is 0 Å². The summed E-state index contributed by atoms with van der Waals surface area (Å²) in [4.78, 5) is 5.18. The predicted octanol–water partition coefficient (Wildman–Crippen LogP) is 1.79. The van der Waals surface area contributed by atoms with E-state index in [1.807, 2.05) is 0 Å². The Balaban J connectivity index is 1.77. The highest BCUT2D eigenvalue weighted by Crippen LogP contribution is 2.27. The highest BCUT2D eigenvalue weighted by molar-refractivity contribution is 4.87. The van der Waals surface area contributed by atoms with Crippen molar-refractivity contribution < 1.29 is 0 Å². The zero-order valence-electron chi connectivity index (χ0n) is 12.5. The first-order valence-corrected chi connectivity index (χ1v) is 7.86. The van der Waals surface area contributed by atoms with E-state index in [-0.39, 0.29) is 0 Å². The van der Waals surface area contributed by atoms with E-state index in [4.69, 9.17) is 0 Å². The van der Waals surface area contributed by atoms with Gasteiger partial charge in [0.05, 0.1) is 0 Å². The van der Waals surface area contributed by atoms with Gasteiger partial charge in [-0.2, -0.15) is 0 Å². The summed E-state index contributed by atoms with van der Waals surface area (Å²) in [7, 11) is 2.25. The van der Waals surface area contributed by atoms with Crippen molar-refractivity contribution in [1.29, 1.82) is 0 Å². The first kappa shape index (κ1) is 14.3. The van der Waals surface area contributed by atoms with Crippen molar-refractivity contribution in [2.24, 2.45) is 5.92 Å². The third kappa shape index (κ3) is 3.69. The number of rotatable bonds is 5. The molecule has 1 saturated heterocycles. The fraction of sp³-hybridized carbons (Fsp3) is 1.00. The monoisotopic (exact) mass is 253 g/mol. The zero-order valence-corrected chi connectivity index (χ0v) is 12.5. The van der Waals surface area contributed by atoms with Gasteiger partial charge in [-0.3, -0.25) is 0 Å². The van der Waals surface area contributed by atoms with Crippen LogP contribution >= 0.6 is 0 Å². The lowest BCUT2D eigenvalue weighted by molar-refractivity contribution is 0.0890. The van der Waals surface area contributed by atoms with Crippen molar-refractivity contribution in [3.63, 3.8) is 0 Å². The average molecular weight is 253 g/mol. The van der Waals surface area contributed by atoms with E-state index >= 15 is 0 Å². The molecule has 0 spiro atoms. The fourth-order valence-corrected chi connectivity index (χ4v) is 3.48. The van der Waals surface area contributed by atoms with Gasteiger partial charge in [-0.25, -0.2) is 0 Å². The third-order valence-electron chi connectivity index (χ3n) is 4.85. The summed E-state index contributed by atoms with van der Waals surface area (Å²) in [5.74, 6) is 0.896. The molecule has 1 heterocycles. The maximum absolute atomic E-state index is 3.75. The van der Waals surface area contributed by atoms with Crippen LogP contribution in [-0.2, 0) is 0 Å². The minimum atomic E-state index is 0.724. The Morgan fingerprint density at radius 1 is 1.22 bits per heavy atom. The molecule has 106 valence electrons. The van der Waals surface area contributed by atoms with Crippen molar-refractivity contribution in [3.8, 4) is 0 Å². The van der Waals surface area contributed by atoms with E-state index in [1.54, 1.807) is 0 Å². The molecular formula is C15H31N3. The van der Waals surface area contributed by atoms with Gasteiger partial charge >= 0.3 is 0 Å². The molecule has 2 aliphatic rings. The molecule has 1 N–H and O–H groups in total. The summed E-state index contributed by atoms with van der Waals surface area (Å²) in [6.07, 6.45) is 5.51. The van der Waals surface area contributed by atoms with Gasteiger partial charge in [-0.1, -0.05) is 13.3 Å². The summed E-state index contributed by atoms with van der Waals surface area (Å²) in [6, 6.07) is 1.52. The van der Waals surface area contributed by atoms with Crippen molar-refractivity contribution >= 4 is 0 Å². The summed E-state index contributed by atoms with van der Waals surface area (Å²) >= 11 is 0. The fourth-order valence-electron chi connectivity index (χ4n) is 3.48. The van der Waals surface area contributed by atoms with Crippen LogP contribution in [0.1, 0.15) is 39.5 Å². The summed E-state index contributed by atoms with van der Waals surface area (Å²) in [5, 5.41) is 3.75.